The molecule has 0 aromatic carbocycles. The van der Waals surface area contributed by atoms with Gasteiger partial charge in [-0.25, -0.2) is 0 Å². The molecule has 2 aliphatic rings. The summed E-state index contributed by atoms with van der Waals surface area (Å²) >= 11 is 0. The third-order valence-corrected chi connectivity index (χ3v) is 7.01. The number of unbranched alkanes of at least 4 members (excludes halogenated alkanes) is 2. The fraction of sp³-hybridized carbons (Fsp3) is 0.846. The van der Waals surface area contributed by atoms with Crippen molar-refractivity contribution in [1.29, 1.82) is 0 Å². The Balaban J connectivity index is 1.73. The Morgan fingerprint density at radius 3 is 2.41 bits per heavy atom. The van der Waals surface area contributed by atoms with Crippen LogP contribution in [0.25, 0.3) is 0 Å². The third kappa shape index (κ3) is 10.2. The van der Waals surface area contributed by atoms with E-state index in [-0.39, 0.29) is 43.3 Å². The summed E-state index contributed by atoms with van der Waals surface area (Å²) in [6.45, 7) is 6.33. The van der Waals surface area contributed by atoms with Gasteiger partial charge in [0.1, 0.15) is 12.1 Å². The molecule has 2 unspecified atom stereocenters. The third-order valence-electron chi connectivity index (χ3n) is 7.01. The Bertz CT molecular complexity index is 702. The van der Waals surface area contributed by atoms with E-state index in [9.17, 15) is 30.0 Å². The van der Waals surface area contributed by atoms with Crippen molar-refractivity contribution >= 4 is 11.8 Å². The van der Waals surface area contributed by atoms with Gasteiger partial charge in [-0.2, -0.15) is 0 Å². The lowest BCUT2D eigenvalue weighted by Gasteiger charge is -2.35. The Labute approximate surface area is 219 Å². The van der Waals surface area contributed by atoms with Crippen molar-refractivity contribution in [2.24, 2.45) is 5.92 Å². The van der Waals surface area contributed by atoms with Crippen molar-refractivity contribution < 1.29 is 44.2 Å². The zero-order chi connectivity index (χ0) is 27.4. The van der Waals surface area contributed by atoms with E-state index < -0.39 is 37.8 Å². The second-order valence-electron chi connectivity index (χ2n) is 10.1. The summed E-state index contributed by atoms with van der Waals surface area (Å²) < 4.78 is 17.5. The number of aliphatic hydroxyl groups excluding tert-OH is 4. The van der Waals surface area contributed by atoms with Crippen LogP contribution in [0.4, 0.5) is 0 Å². The number of nitrogens with zero attached hydrogens (tertiary/aromatic N) is 1. The summed E-state index contributed by atoms with van der Waals surface area (Å²) in [5.41, 5.74) is 0. The van der Waals surface area contributed by atoms with Gasteiger partial charge in [0.05, 0.1) is 44.2 Å². The number of likely N-dealkylation sites (tertiary alicyclic amines) is 1. The highest BCUT2D eigenvalue weighted by Gasteiger charge is 2.38. The van der Waals surface area contributed by atoms with E-state index in [0.29, 0.717) is 44.6 Å². The van der Waals surface area contributed by atoms with E-state index in [1.165, 1.54) is 13.8 Å². The Kier molecular flexibility index (Phi) is 14.0. The van der Waals surface area contributed by atoms with Crippen LogP contribution in [-0.2, 0) is 23.8 Å². The lowest BCUT2D eigenvalue weighted by Crippen LogP contribution is -2.50. The quantitative estimate of drug-likeness (QED) is 0.0941. The number of amides is 2. The number of nitrogens with one attached hydrogen (secondary N) is 1. The lowest BCUT2D eigenvalue weighted by atomic mass is 9.82. The summed E-state index contributed by atoms with van der Waals surface area (Å²) in [6, 6.07) is -1.08. The van der Waals surface area contributed by atoms with Crippen LogP contribution in [-0.4, -0.2) is 113 Å². The Hall–Kier alpha value is -1.60. The molecule has 2 fully saturated rings. The van der Waals surface area contributed by atoms with Crippen LogP contribution in [0.5, 0.6) is 0 Å². The van der Waals surface area contributed by atoms with Gasteiger partial charge in [0.2, 0.25) is 11.8 Å². The van der Waals surface area contributed by atoms with Crippen molar-refractivity contribution in [2.45, 2.75) is 102 Å². The molecule has 37 heavy (non-hydrogen) atoms. The van der Waals surface area contributed by atoms with Gasteiger partial charge in [-0.05, 0) is 44.9 Å². The molecular weight excluding hydrogens is 484 g/mol. The number of hydrogen-bond donors (Lipinski definition) is 5. The second kappa shape index (κ2) is 16.4. The number of ether oxygens (including phenoxy) is 3. The van der Waals surface area contributed by atoms with E-state index in [0.717, 1.165) is 12.8 Å². The number of carbonyl (C=O) groups is 2. The van der Waals surface area contributed by atoms with Crippen molar-refractivity contribution in [3.8, 4) is 0 Å². The van der Waals surface area contributed by atoms with Crippen molar-refractivity contribution in [1.82, 2.24) is 10.2 Å². The number of hydrogen-bond acceptors (Lipinski definition) is 9. The lowest BCUT2D eigenvalue weighted by molar-refractivity contribution is -0.214. The molecule has 214 valence electrons. The topological polar surface area (TPSA) is 158 Å². The zero-order valence-corrected chi connectivity index (χ0v) is 22.2. The van der Waals surface area contributed by atoms with E-state index >= 15 is 0 Å². The molecule has 2 rings (SSSR count). The zero-order valence-electron chi connectivity index (χ0n) is 22.2. The van der Waals surface area contributed by atoms with Gasteiger partial charge >= 0.3 is 0 Å². The minimum atomic E-state index is -1.06. The van der Waals surface area contributed by atoms with E-state index in [1.807, 2.05) is 6.08 Å². The maximum atomic E-state index is 12.8. The number of allylic oxidation sites excluding steroid dienone is 1. The first-order valence-corrected chi connectivity index (χ1v) is 13.3. The normalized spacial score (nSPS) is 26.7. The first-order chi connectivity index (χ1) is 17.7. The van der Waals surface area contributed by atoms with Crippen LogP contribution in [0, 0.1) is 5.92 Å². The van der Waals surface area contributed by atoms with Crippen LogP contribution in [0.1, 0.15) is 58.8 Å². The summed E-state index contributed by atoms with van der Waals surface area (Å²) in [7, 11) is 0. The van der Waals surface area contributed by atoms with Crippen LogP contribution in [0.3, 0.4) is 0 Å². The predicted octanol–water partition coefficient (Wildman–Crippen LogP) is 0.0878. The molecule has 1 aliphatic carbocycles. The molecule has 1 heterocycles. The first-order valence-electron chi connectivity index (χ1n) is 13.3. The highest BCUT2D eigenvalue weighted by molar-refractivity contribution is 5.77. The molecule has 6 atom stereocenters. The van der Waals surface area contributed by atoms with Crippen molar-refractivity contribution in [3.63, 3.8) is 0 Å². The van der Waals surface area contributed by atoms with Gasteiger partial charge in [-0.3, -0.25) is 9.59 Å². The monoisotopic (exact) mass is 530 g/mol. The largest absolute Gasteiger partial charge is 0.394 e. The maximum Gasteiger partial charge on any atom is 0.222 e. The summed E-state index contributed by atoms with van der Waals surface area (Å²) in [5.74, 6) is 0.133. The van der Waals surface area contributed by atoms with Gasteiger partial charge in [0.15, 0.2) is 6.29 Å². The molecule has 5 N–H and O–H groups in total. The number of aliphatic hydroxyl groups is 4. The van der Waals surface area contributed by atoms with Crippen LogP contribution in [0.2, 0.25) is 0 Å². The smallest absolute Gasteiger partial charge is 0.222 e. The number of rotatable bonds is 18. The van der Waals surface area contributed by atoms with Crippen LogP contribution < -0.4 is 5.32 Å². The average Bonchev–Trinajstić information content (AvgIpc) is 3.26. The SMILES string of the molecule is C=CC1CC(O[C@@H]2C[C@@H](CO)N(C(=O)CCCCCOC(OC(CO)[C@@H](C)O)[C@H](CO)NC(C)=O)C2)C1. The van der Waals surface area contributed by atoms with Gasteiger partial charge in [0.25, 0.3) is 0 Å². The van der Waals surface area contributed by atoms with Crippen LogP contribution in [0.15, 0.2) is 12.7 Å². The van der Waals surface area contributed by atoms with E-state index in [1.54, 1.807) is 4.90 Å². The molecule has 0 radical (unpaired) electrons. The second-order valence-corrected chi connectivity index (χ2v) is 10.1. The molecule has 0 bridgehead atoms. The fourth-order valence-electron chi connectivity index (χ4n) is 4.72. The standard InChI is InChI=1S/C26H46N2O9/c1-4-19-10-21(11-19)36-22-12-20(14-29)28(13-22)25(34)8-6-5-7-9-35-26(23(15-30)27-18(3)33)37-24(16-31)17(2)32/h4,17,19-24,26,29-32H,1,5-16H2,2-3H3,(H,27,33)/t17-,19?,20+,21?,22-,23+,24?,26?/m1/s1. The van der Waals surface area contributed by atoms with Crippen LogP contribution >= 0.6 is 0 Å². The molecule has 1 aliphatic heterocycles. The van der Waals surface area contributed by atoms with Gasteiger partial charge in [0, 0.05) is 26.5 Å². The van der Waals surface area contributed by atoms with Gasteiger partial charge < -0.3 is 44.9 Å². The minimum absolute atomic E-state index is 0.00132. The molecule has 11 nitrogen and oxygen atoms in total. The highest BCUT2D eigenvalue weighted by Crippen LogP contribution is 2.34. The summed E-state index contributed by atoms with van der Waals surface area (Å²) in [5, 5.41) is 41.2. The number of carbonyl (C=O) groups excluding carboxylic acids is 2. The summed E-state index contributed by atoms with van der Waals surface area (Å²) in [4.78, 5) is 26.0. The summed E-state index contributed by atoms with van der Waals surface area (Å²) in [6.07, 6.45) is 4.01. The predicted molar refractivity (Wildman–Crippen MR) is 135 cm³/mol. The molecule has 0 spiro atoms. The molecule has 2 amide bonds. The van der Waals surface area contributed by atoms with Gasteiger partial charge in [-0.1, -0.05) is 12.5 Å². The minimum Gasteiger partial charge on any atom is -0.394 e. The molecule has 0 aromatic rings. The van der Waals surface area contributed by atoms with E-state index in [4.69, 9.17) is 14.2 Å². The Morgan fingerprint density at radius 2 is 1.84 bits per heavy atom. The van der Waals surface area contributed by atoms with Gasteiger partial charge in [-0.15, -0.1) is 6.58 Å². The first kappa shape index (κ1) is 31.6. The average molecular weight is 531 g/mol. The highest BCUT2D eigenvalue weighted by atomic mass is 16.7. The maximum absolute atomic E-state index is 12.8. The van der Waals surface area contributed by atoms with Crippen molar-refractivity contribution in [3.05, 3.63) is 12.7 Å². The Morgan fingerprint density at radius 1 is 1.11 bits per heavy atom. The molecule has 11 heteroatoms. The fourth-order valence-corrected chi connectivity index (χ4v) is 4.72. The molecule has 1 saturated carbocycles. The molecule has 0 aromatic heterocycles. The molecular formula is C26H46N2O9. The molecule has 1 saturated heterocycles. The van der Waals surface area contributed by atoms with Crippen molar-refractivity contribution in [2.75, 3.05) is 33.0 Å². The van der Waals surface area contributed by atoms with E-state index in [2.05, 4.69) is 11.9 Å².